The Labute approximate surface area is 88.2 Å². The van der Waals surface area contributed by atoms with Crippen molar-refractivity contribution in [1.82, 2.24) is 9.38 Å². The molecule has 0 bridgehead atoms. The van der Waals surface area contributed by atoms with Crippen molar-refractivity contribution in [2.24, 2.45) is 0 Å². The van der Waals surface area contributed by atoms with Gasteiger partial charge in [0.15, 0.2) is 6.29 Å². The Morgan fingerprint density at radius 1 is 1.47 bits per heavy atom. The lowest BCUT2D eigenvalue weighted by atomic mass is 10.3. The van der Waals surface area contributed by atoms with E-state index in [0.29, 0.717) is 5.69 Å². The summed E-state index contributed by atoms with van der Waals surface area (Å²) in [4.78, 5) is 17.0. The molecule has 0 amide bonds. The summed E-state index contributed by atoms with van der Waals surface area (Å²) in [5.74, 6) is 0.831. The normalized spacial score (nSPS) is 10.6. The van der Waals surface area contributed by atoms with E-state index < -0.39 is 0 Å². The number of carbonyl (C=O) groups excluding carboxylic acids is 1. The van der Waals surface area contributed by atoms with E-state index in [9.17, 15) is 4.79 Å². The maximum Gasteiger partial charge on any atom is 0.170 e. The van der Waals surface area contributed by atoms with Crippen molar-refractivity contribution < 1.29 is 4.79 Å². The number of nitrogens with zero attached hydrogens (tertiary/aromatic N) is 3. The Hall–Kier alpha value is -1.84. The predicted octanol–water partition coefficient (Wildman–Crippen LogP) is 1.52. The van der Waals surface area contributed by atoms with Crippen molar-refractivity contribution in [2.45, 2.75) is 6.92 Å². The van der Waals surface area contributed by atoms with E-state index in [1.54, 1.807) is 0 Å². The molecule has 0 N–H and O–H groups in total. The molecule has 4 nitrogen and oxygen atoms in total. The van der Waals surface area contributed by atoms with Gasteiger partial charge in [0.2, 0.25) is 0 Å². The highest BCUT2D eigenvalue weighted by molar-refractivity contribution is 5.85. The van der Waals surface area contributed by atoms with E-state index in [-0.39, 0.29) is 0 Å². The van der Waals surface area contributed by atoms with Crippen LogP contribution in [0.25, 0.3) is 5.52 Å². The summed E-state index contributed by atoms with van der Waals surface area (Å²) in [5, 5.41) is 0. The number of carbonyl (C=O) groups is 1. The first-order chi connectivity index (χ1) is 7.13. The summed E-state index contributed by atoms with van der Waals surface area (Å²) in [5.41, 5.74) is 2.41. The molecule has 2 heterocycles. The minimum absolute atomic E-state index is 0.496. The Kier molecular flexibility index (Phi) is 2.19. The van der Waals surface area contributed by atoms with Crippen LogP contribution in [-0.2, 0) is 0 Å². The summed E-state index contributed by atoms with van der Waals surface area (Å²) < 4.78 is 1.91. The molecule has 0 aliphatic rings. The quantitative estimate of drug-likeness (QED) is 0.694. The number of imidazole rings is 1. The number of anilines is 1. The lowest BCUT2D eigenvalue weighted by Crippen LogP contribution is -2.08. The van der Waals surface area contributed by atoms with Crippen LogP contribution in [0.15, 0.2) is 18.3 Å². The number of fused-ring (bicyclic) bond motifs is 1. The molecule has 0 saturated heterocycles. The molecule has 4 heteroatoms. The molecule has 0 fully saturated rings. The average molecular weight is 203 g/mol. The van der Waals surface area contributed by atoms with Gasteiger partial charge in [-0.05, 0) is 19.1 Å². The van der Waals surface area contributed by atoms with Gasteiger partial charge in [0.05, 0.1) is 5.52 Å². The van der Waals surface area contributed by atoms with Crippen molar-refractivity contribution in [3.8, 4) is 0 Å². The van der Waals surface area contributed by atoms with Crippen molar-refractivity contribution in [1.29, 1.82) is 0 Å². The van der Waals surface area contributed by atoms with Gasteiger partial charge in [-0.25, -0.2) is 4.98 Å². The molecular formula is C11H13N3O. The molecule has 0 spiro atoms. The van der Waals surface area contributed by atoms with Gasteiger partial charge in [-0.3, -0.25) is 4.79 Å². The molecule has 2 rings (SSSR count). The highest BCUT2D eigenvalue weighted by Crippen LogP contribution is 2.18. The highest BCUT2D eigenvalue weighted by Gasteiger charge is 2.08. The third kappa shape index (κ3) is 1.48. The van der Waals surface area contributed by atoms with Crippen molar-refractivity contribution in [3.63, 3.8) is 0 Å². The van der Waals surface area contributed by atoms with E-state index in [2.05, 4.69) is 4.98 Å². The summed E-state index contributed by atoms with van der Waals surface area (Å²) in [6.45, 7) is 1.88. The number of pyridine rings is 1. The van der Waals surface area contributed by atoms with Crippen LogP contribution in [0, 0.1) is 6.92 Å². The standard InChI is InChI=1S/C11H13N3O/c1-8-12-10(7-15)11-6-9(13(2)3)4-5-14(8)11/h4-7H,1-3H3. The van der Waals surface area contributed by atoms with Crippen molar-refractivity contribution in [3.05, 3.63) is 29.8 Å². The fourth-order valence-electron chi connectivity index (χ4n) is 1.62. The van der Waals surface area contributed by atoms with Gasteiger partial charge in [0.1, 0.15) is 11.5 Å². The van der Waals surface area contributed by atoms with E-state index in [0.717, 1.165) is 23.3 Å². The van der Waals surface area contributed by atoms with E-state index in [4.69, 9.17) is 0 Å². The second-order valence-electron chi connectivity index (χ2n) is 3.70. The Balaban J connectivity index is 2.73. The number of hydrogen-bond donors (Lipinski definition) is 0. The second kappa shape index (κ2) is 3.38. The largest absolute Gasteiger partial charge is 0.378 e. The molecule has 0 saturated carbocycles. The average Bonchev–Trinajstić information content (AvgIpc) is 2.55. The number of rotatable bonds is 2. The fraction of sp³-hybridized carbons (Fsp3) is 0.273. The van der Waals surface area contributed by atoms with Gasteiger partial charge in [0, 0.05) is 26.0 Å². The zero-order valence-corrected chi connectivity index (χ0v) is 9.06. The zero-order valence-electron chi connectivity index (χ0n) is 9.06. The van der Waals surface area contributed by atoms with Crippen LogP contribution in [-0.4, -0.2) is 29.8 Å². The van der Waals surface area contributed by atoms with E-state index >= 15 is 0 Å². The topological polar surface area (TPSA) is 37.6 Å². The number of aldehydes is 1. The third-order valence-corrected chi connectivity index (χ3v) is 2.46. The second-order valence-corrected chi connectivity index (χ2v) is 3.70. The van der Waals surface area contributed by atoms with Gasteiger partial charge in [-0.2, -0.15) is 0 Å². The van der Waals surface area contributed by atoms with Gasteiger partial charge >= 0.3 is 0 Å². The summed E-state index contributed by atoms with van der Waals surface area (Å²) >= 11 is 0. The molecule has 78 valence electrons. The molecule has 2 aromatic heterocycles. The smallest absolute Gasteiger partial charge is 0.170 e. The predicted molar refractivity (Wildman–Crippen MR) is 59.6 cm³/mol. The third-order valence-electron chi connectivity index (χ3n) is 2.46. The summed E-state index contributed by atoms with van der Waals surface area (Å²) in [6, 6.07) is 3.96. The van der Waals surface area contributed by atoms with Crippen LogP contribution in [0.4, 0.5) is 5.69 Å². The maximum atomic E-state index is 10.8. The Morgan fingerprint density at radius 2 is 2.20 bits per heavy atom. The van der Waals surface area contributed by atoms with Crippen molar-refractivity contribution >= 4 is 17.5 Å². The molecule has 0 atom stereocenters. The van der Waals surface area contributed by atoms with Crippen LogP contribution in [0.2, 0.25) is 0 Å². The molecule has 0 unspecified atom stereocenters. The van der Waals surface area contributed by atoms with Crippen LogP contribution < -0.4 is 4.90 Å². The minimum atomic E-state index is 0.496. The van der Waals surface area contributed by atoms with E-state index in [1.165, 1.54) is 0 Å². The van der Waals surface area contributed by atoms with Crippen LogP contribution in [0.3, 0.4) is 0 Å². The van der Waals surface area contributed by atoms with Crippen molar-refractivity contribution in [2.75, 3.05) is 19.0 Å². The fourth-order valence-corrected chi connectivity index (χ4v) is 1.62. The molecule has 0 radical (unpaired) electrons. The number of aryl methyl sites for hydroxylation is 1. The van der Waals surface area contributed by atoms with E-state index in [1.807, 2.05) is 48.6 Å². The Bertz CT molecular complexity index is 514. The minimum Gasteiger partial charge on any atom is -0.378 e. The molecule has 0 aromatic carbocycles. The van der Waals surface area contributed by atoms with Crippen LogP contribution in [0.5, 0.6) is 0 Å². The zero-order chi connectivity index (χ0) is 11.0. The first-order valence-electron chi connectivity index (χ1n) is 4.74. The van der Waals surface area contributed by atoms with Gasteiger partial charge in [-0.15, -0.1) is 0 Å². The first-order valence-corrected chi connectivity index (χ1v) is 4.74. The SMILES string of the molecule is Cc1nc(C=O)c2cc(N(C)C)ccn12. The van der Waals surface area contributed by atoms with Crippen LogP contribution in [0.1, 0.15) is 16.3 Å². The van der Waals surface area contributed by atoms with Gasteiger partial charge in [-0.1, -0.05) is 0 Å². The number of aromatic nitrogens is 2. The summed E-state index contributed by atoms with van der Waals surface area (Å²) in [6.07, 6.45) is 2.72. The molecule has 0 aliphatic carbocycles. The van der Waals surface area contributed by atoms with Gasteiger partial charge < -0.3 is 9.30 Å². The lowest BCUT2D eigenvalue weighted by molar-refractivity contribution is 0.112. The molecule has 2 aromatic rings. The lowest BCUT2D eigenvalue weighted by Gasteiger charge is -2.12. The van der Waals surface area contributed by atoms with Crippen LogP contribution >= 0.6 is 0 Å². The number of hydrogen-bond acceptors (Lipinski definition) is 3. The van der Waals surface area contributed by atoms with Gasteiger partial charge in [0.25, 0.3) is 0 Å². The molecule has 0 aliphatic heterocycles. The molecule has 15 heavy (non-hydrogen) atoms. The summed E-state index contributed by atoms with van der Waals surface area (Å²) in [7, 11) is 3.94. The molecular weight excluding hydrogens is 190 g/mol. The Morgan fingerprint density at radius 3 is 2.80 bits per heavy atom. The maximum absolute atomic E-state index is 10.8. The monoisotopic (exact) mass is 203 g/mol. The first kappa shape index (κ1) is 9.71. The highest BCUT2D eigenvalue weighted by atomic mass is 16.1.